The smallest absolute Gasteiger partial charge is 0.123 e. The van der Waals surface area contributed by atoms with Gasteiger partial charge in [0.2, 0.25) is 0 Å². The lowest BCUT2D eigenvalue weighted by Crippen LogP contribution is -2.42. The van der Waals surface area contributed by atoms with E-state index in [0.29, 0.717) is 5.92 Å². The largest absolute Gasteiger partial charge is 0.486 e. The Kier molecular flexibility index (Phi) is 2.62. The number of rotatable bonds is 2. The van der Waals surface area contributed by atoms with Gasteiger partial charge in [0, 0.05) is 18.9 Å². The Balaban J connectivity index is 1.84. The van der Waals surface area contributed by atoms with Crippen LogP contribution < -0.4 is 4.74 Å². The Hall–Kier alpha value is -1.02. The number of ether oxygens (including phenoxy) is 1. The molecule has 1 spiro atoms. The lowest BCUT2D eigenvalue weighted by molar-refractivity contribution is 0.0408. The average molecular weight is 231 g/mol. The molecule has 3 rings (SSSR count). The quantitative estimate of drug-likeness (QED) is 0.776. The molecule has 0 saturated heterocycles. The molecule has 92 valence electrons. The first kappa shape index (κ1) is 11.1. The molecular formula is C15H21NO. The van der Waals surface area contributed by atoms with Crippen molar-refractivity contribution in [2.75, 3.05) is 20.6 Å². The number of para-hydroxylation sites is 1. The van der Waals surface area contributed by atoms with Gasteiger partial charge in [-0.25, -0.2) is 0 Å². The van der Waals surface area contributed by atoms with Gasteiger partial charge in [-0.15, -0.1) is 0 Å². The van der Waals surface area contributed by atoms with Gasteiger partial charge in [0.1, 0.15) is 11.4 Å². The van der Waals surface area contributed by atoms with E-state index in [1.54, 1.807) is 0 Å². The maximum absolute atomic E-state index is 6.34. The van der Waals surface area contributed by atoms with E-state index in [2.05, 4.69) is 43.3 Å². The Labute approximate surface area is 104 Å². The Morgan fingerprint density at radius 1 is 1.35 bits per heavy atom. The summed E-state index contributed by atoms with van der Waals surface area (Å²) in [6.07, 6.45) is 4.96. The van der Waals surface area contributed by atoms with E-state index in [1.165, 1.54) is 24.8 Å². The predicted octanol–water partition coefficient (Wildman–Crippen LogP) is 2.72. The van der Waals surface area contributed by atoms with E-state index in [1.807, 2.05) is 0 Å². The molecule has 1 aliphatic heterocycles. The van der Waals surface area contributed by atoms with Gasteiger partial charge in [-0.05, 0) is 45.0 Å². The van der Waals surface area contributed by atoms with E-state index >= 15 is 0 Å². The minimum Gasteiger partial charge on any atom is -0.486 e. The van der Waals surface area contributed by atoms with Crippen molar-refractivity contribution in [3.05, 3.63) is 29.8 Å². The zero-order valence-electron chi connectivity index (χ0n) is 10.8. The first-order valence-corrected chi connectivity index (χ1v) is 6.61. The summed E-state index contributed by atoms with van der Waals surface area (Å²) < 4.78 is 6.34. The Bertz CT molecular complexity index is 388. The highest BCUT2D eigenvalue weighted by Crippen LogP contribution is 2.47. The lowest BCUT2D eigenvalue weighted by atomic mass is 9.86. The van der Waals surface area contributed by atoms with Crippen LogP contribution in [-0.2, 0) is 6.42 Å². The monoisotopic (exact) mass is 231 g/mol. The third kappa shape index (κ3) is 1.85. The van der Waals surface area contributed by atoms with Crippen molar-refractivity contribution < 1.29 is 4.74 Å². The summed E-state index contributed by atoms with van der Waals surface area (Å²) in [5.41, 5.74) is 1.51. The molecule has 0 unspecified atom stereocenters. The SMILES string of the molecule is CN(C)C[C@H]1CCC[C@]12Cc1ccccc1O2. The molecule has 2 nitrogen and oxygen atoms in total. The third-order valence-corrected chi connectivity index (χ3v) is 4.26. The summed E-state index contributed by atoms with van der Waals surface area (Å²) in [5.74, 6) is 1.81. The van der Waals surface area contributed by atoms with Gasteiger partial charge >= 0.3 is 0 Å². The molecule has 0 amide bonds. The van der Waals surface area contributed by atoms with Crippen molar-refractivity contribution in [2.24, 2.45) is 5.92 Å². The van der Waals surface area contributed by atoms with Gasteiger partial charge in [-0.3, -0.25) is 0 Å². The molecule has 0 aromatic heterocycles. The second-order valence-electron chi connectivity index (χ2n) is 5.80. The molecular weight excluding hydrogens is 210 g/mol. The number of fused-ring (bicyclic) bond motifs is 1. The molecule has 0 N–H and O–H groups in total. The fourth-order valence-electron chi connectivity index (χ4n) is 3.51. The van der Waals surface area contributed by atoms with Gasteiger partial charge in [0.15, 0.2) is 0 Å². The van der Waals surface area contributed by atoms with Gasteiger partial charge in [0.25, 0.3) is 0 Å². The van der Waals surface area contributed by atoms with Crippen LogP contribution in [0.5, 0.6) is 5.75 Å². The topological polar surface area (TPSA) is 12.5 Å². The lowest BCUT2D eigenvalue weighted by Gasteiger charge is -2.32. The summed E-state index contributed by atoms with van der Waals surface area (Å²) in [5, 5.41) is 0. The molecule has 1 saturated carbocycles. The summed E-state index contributed by atoms with van der Waals surface area (Å²) in [6.45, 7) is 1.15. The second-order valence-corrected chi connectivity index (χ2v) is 5.80. The number of hydrogen-bond acceptors (Lipinski definition) is 2. The molecule has 0 radical (unpaired) electrons. The van der Waals surface area contributed by atoms with Crippen LogP contribution >= 0.6 is 0 Å². The van der Waals surface area contributed by atoms with Crippen molar-refractivity contribution in [2.45, 2.75) is 31.3 Å². The summed E-state index contributed by atoms with van der Waals surface area (Å²) in [7, 11) is 4.32. The van der Waals surface area contributed by atoms with Crippen molar-refractivity contribution >= 4 is 0 Å². The van der Waals surface area contributed by atoms with E-state index < -0.39 is 0 Å². The number of benzene rings is 1. The molecule has 2 atom stereocenters. The van der Waals surface area contributed by atoms with Crippen LogP contribution in [0.2, 0.25) is 0 Å². The number of hydrogen-bond donors (Lipinski definition) is 0. The molecule has 1 heterocycles. The van der Waals surface area contributed by atoms with E-state index in [0.717, 1.165) is 18.7 Å². The zero-order chi connectivity index (χ0) is 11.9. The van der Waals surface area contributed by atoms with Crippen molar-refractivity contribution in [1.82, 2.24) is 4.90 Å². The molecule has 17 heavy (non-hydrogen) atoms. The van der Waals surface area contributed by atoms with E-state index in [9.17, 15) is 0 Å². The maximum atomic E-state index is 6.34. The van der Waals surface area contributed by atoms with Crippen LogP contribution in [0.3, 0.4) is 0 Å². The summed E-state index contributed by atoms with van der Waals surface area (Å²) in [4.78, 5) is 2.30. The van der Waals surface area contributed by atoms with E-state index in [4.69, 9.17) is 4.74 Å². The predicted molar refractivity (Wildman–Crippen MR) is 69.4 cm³/mol. The van der Waals surface area contributed by atoms with Crippen LogP contribution in [0.15, 0.2) is 24.3 Å². The Morgan fingerprint density at radius 2 is 2.18 bits per heavy atom. The minimum absolute atomic E-state index is 0.105. The van der Waals surface area contributed by atoms with Crippen LogP contribution in [0.1, 0.15) is 24.8 Å². The summed E-state index contributed by atoms with van der Waals surface area (Å²) in [6, 6.07) is 8.54. The minimum atomic E-state index is 0.105. The molecule has 1 aromatic carbocycles. The number of nitrogens with zero attached hydrogens (tertiary/aromatic N) is 1. The molecule has 2 aliphatic rings. The molecule has 2 heteroatoms. The first-order chi connectivity index (χ1) is 8.20. The standard InChI is InChI=1S/C15H21NO/c1-16(2)11-13-7-5-9-15(13)10-12-6-3-4-8-14(12)17-15/h3-4,6,8,13H,5,7,9-11H2,1-2H3/t13-,15+/m1/s1. The van der Waals surface area contributed by atoms with Gasteiger partial charge in [-0.2, -0.15) is 0 Å². The highest BCUT2D eigenvalue weighted by atomic mass is 16.5. The first-order valence-electron chi connectivity index (χ1n) is 6.61. The fraction of sp³-hybridized carbons (Fsp3) is 0.600. The fourth-order valence-corrected chi connectivity index (χ4v) is 3.51. The van der Waals surface area contributed by atoms with Gasteiger partial charge in [0.05, 0.1) is 0 Å². The highest BCUT2D eigenvalue weighted by Gasteiger charge is 2.48. The zero-order valence-corrected chi connectivity index (χ0v) is 10.8. The van der Waals surface area contributed by atoms with Crippen molar-refractivity contribution in [3.8, 4) is 5.75 Å². The highest BCUT2D eigenvalue weighted by molar-refractivity contribution is 5.39. The van der Waals surface area contributed by atoms with Crippen LogP contribution in [0.25, 0.3) is 0 Å². The third-order valence-electron chi connectivity index (χ3n) is 4.26. The van der Waals surface area contributed by atoms with Crippen molar-refractivity contribution in [1.29, 1.82) is 0 Å². The van der Waals surface area contributed by atoms with E-state index in [-0.39, 0.29) is 5.60 Å². The van der Waals surface area contributed by atoms with Gasteiger partial charge in [-0.1, -0.05) is 18.2 Å². The maximum Gasteiger partial charge on any atom is 0.123 e. The normalized spacial score (nSPS) is 30.9. The van der Waals surface area contributed by atoms with Crippen LogP contribution in [-0.4, -0.2) is 31.1 Å². The Morgan fingerprint density at radius 3 is 2.94 bits per heavy atom. The van der Waals surface area contributed by atoms with Gasteiger partial charge < -0.3 is 9.64 Å². The summed E-state index contributed by atoms with van der Waals surface area (Å²) >= 11 is 0. The molecule has 0 bridgehead atoms. The average Bonchev–Trinajstić information content (AvgIpc) is 2.83. The molecule has 1 aromatic rings. The van der Waals surface area contributed by atoms with Crippen LogP contribution in [0.4, 0.5) is 0 Å². The van der Waals surface area contributed by atoms with Crippen LogP contribution in [0, 0.1) is 5.92 Å². The molecule has 1 aliphatic carbocycles. The van der Waals surface area contributed by atoms with Crippen molar-refractivity contribution in [3.63, 3.8) is 0 Å². The molecule has 1 fully saturated rings. The second kappa shape index (κ2) is 4.02.